The average molecular weight is 290 g/mol. The highest BCUT2D eigenvalue weighted by Gasteiger charge is 2.14. The maximum atomic E-state index is 13.6. The molecular formula is C16H16F2N2O. The summed E-state index contributed by atoms with van der Waals surface area (Å²) >= 11 is 0. The van der Waals surface area contributed by atoms with Crippen molar-refractivity contribution < 1.29 is 13.6 Å². The maximum Gasteiger partial charge on any atom is 0.220 e. The van der Waals surface area contributed by atoms with Crippen molar-refractivity contribution in [3.8, 4) is 0 Å². The van der Waals surface area contributed by atoms with Crippen molar-refractivity contribution in [3.05, 3.63) is 65.5 Å². The molecule has 0 bridgehead atoms. The van der Waals surface area contributed by atoms with Crippen LogP contribution in [0.1, 0.15) is 30.5 Å². The molecule has 0 spiro atoms. The molecule has 2 aromatic rings. The van der Waals surface area contributed by atoms with E-state index < -0.39 is 17.7 Å². The Bertz CT molecular complexity index is 617. The van der Waals surface area contributed by atoms with Gasteiger partial charge in [-0.3, -0.25) is 9.78 Å². The lowest BCUT2D eigenvalue weighted by Gasteiger charge is -2.15. The molecular weight excluding hydrogens is 274 g/mol. The normalized spacial score (nSPS) is 12.0. The van der Waals surface area contributed by atoms with E-state index >= 15 is 0 Å². The largest absolute Gasteiger partial charge is 0.349 e. The van der Waals surface area contributed by atoms with Crippen LogP contribution in [-0.4, -0.2) is 10.9 Å². The Hall–Kier alpha value is -2.30. The van der Waals surface area contributed by atoms with Crippen LogP contribution in [0.5, 0.6) is 0 Å². The highest BCUT2D eigenvalue weighted by atomic mass is 19.1. The molecule has 1 aromatic heterocycles. The molecule has 1 heterocycles. The lowest BCUT2D eigenvalue weighted by atomic mass is 10.1. The van der Waals surface area contributed by atoms with Crippen molar-refractivity contribution in [1.82, 2.24) is 10.3 Å². The third-order valence-electron chi connectivity index (χ3n) is 3.20. The number of hydrogen-bond donors (Lipinski definition) is 1. The first-order chi connectivity index (χ1) is 10.1. The summed E-state index contributed by atoms with van der Waals surface area (Å²) < 4.78 is 26.5. The van der Waals surface area contributed by atoms with Gasteiger partial charge in [-0.25, -0.2) is 8.78 Å². The van der Waals surface area contributed by atoms with Crippen molar-refractivity contribution >= 4 is 5.91 Å². The van der Waals surface area contributed by atoms with E-state index in [0.717, 1.165) is 11.6 Å². The van der Waals surface area contributed by atoms with Gasteiger partial charge in [0.1, 0.15) is 11.6 Å². The zero-order valence-electron chi connectivity index (χ0n) is 11.6. The number of pyridine rings is 1. The Morgan fingerprint density at radius 1 is 1.24 bits per heavy atom. The van der Waals surface area contributed by atoms with Gasteiger partial charge in [-0.1, -0.05) is 6.07 Å². The Kier molecular flexibility index (Phi) is 4.98. The molecule has 0 aliphatic carbocycles. The first kappa shape index (κ1) is 15.1. The van der Waals surface area contributed by atoms with E-state index in [9.17, 15) is 13.6 Å². The van der Waals surface area contributed by atoms with Crippen LogP contribution in [0.4, 0.5) is 8.78 Å². The summed E-state index contributed by atoms with van der Waals surface area (Å²) in [5.74, 6) is -1.47. The van der Waals surface area contributed by atoms with E-state index in [1.54, 1.807) is 19.3 Å². The van der Waals surface area contributed by atoms with Gasteiger partial charge in [-0.2, -0.15) is 0 Å². The fraction of sp³-hybridized carbons (Fsp3) is 0.250. The summed E-state index contributed by atoms with van der Waals surface area (Å²) in [6.45, 7) is 1.67. The Balaban J connectivity index is 1.90. The molecule has 0 aliphatic heterocycles. The van der Waals surface area contributed by atoms with Crippen LogP contribution in [0.3, 0.4) is 0 Å². The second-order valence-corrected chi connectivity index (χ2v) is 4.81. The summed E-state index contributed by atoms with van der Waals surface area (Å²) in [7, 11) is 0. The number of halogens is 2. The first-order valence-corrected chi connectivity index (χ1v) is 6.69. The van der Waals surface area contributed by atoms with Crippen LogP contribution in [0.15, 0.2) is 42.7 Å². The lowest BCUT2D eigenvalue weighted by molar-refractivity contribution is -0.121. The number of aryl methyl sites for hydroxylation is 1. The minimum Gasteiger partial charge on any atom is -0.349 e. The number of aromatic nitrogens is 1. The van der Waals surface area contributed by atoms with Gasteiger partial charge in [0.2, 0.25) is 5.91 Å². The Morgan fingerprint density at radius 3 is 2.62 bits per heavy atom. The molecule has 1 atom stereocenters. The zero-order valence-corrected chi connectivity index (χ0v) is 11.6. The van der Waals surface area contributed by atoms with Crippen molar-refractivity contribution in [1.29, 1.82) is 0 Å². The van der Waals surface area contributed by atoms with E-state index in [-0.39, 0.29) is 11.5 Å². The molecule has 1 N–H and O–H groups in total. The second-order valence-electron chi connectivity index (χ2n) is 4.81. The van der Waals surface area contributed by atoms with E-state index in [0.29, 0.717) is 12.8 Å². The number of carbonyl (C=O) groups excluding carboxylic acids is 1. The minimum absolute atomic E-state index is 0.178. The van der Waals surface area contributed by atoms with Crippen molar-refractivity contribution in [2.24, 2.45) is 0 Å². The molecule has 0 saturated carbocycles. The monoisotopic (exact) mass is 290 g/mol. The molecule has 110 valence electrons. The van der Waals surface area contributed by atoms with Gasteiger partial charge in [0.05, 0.1) is 6.04 Å². The topological polar surface area (TPSA) is 42.0 Å². The summed E-state index contributed by atoms with van der Waals surface area (Å²) in [4.78, 5) is 15.8. The third-order valence-corrected chi connectivity index (χ3v) is 3.20. The number of nitrogens with one attached hydrogen (secondary N) is 1. The predicted molar refractivity (Wildman–Crippen MR) is 75.5 cm³/mol. The van der Waals surface area contributed by atoms with E-state index in [1.165, 1.54) is 12.1 Å². The third kappa shape index (κ3) is 4.34. The van der Waals surface area contributed by atoms with Gasteiger partial charge in [0.15, 0.2) is 0 Å². The summed E-state index contributed by atoms with van der Waals surface area (Å²) in [6.07, 6.45) is 4.23. The lowest BCUT2D eigenvalue weighted by Crippen LogP contribution is -2.27. The first-order valence-electron chi connectivity index (χ1n) is 6.69. The second kappa shape index (κ2) is 6.92. The van der Waals surface area contributed by atoms with Crippen LogP contribution >= 0.6 is 0 Å². The van der Waals surface area contributed by atoms with Crippen LogP contribution in [0, 0.1) is 11.6 Å². The maximum absolute atomic E-state index is 13.6. The fourth-order valence-corrected chi connectivity index (χ4v) is 2.05. The number of hydrogen-bond acceptors (Lipinski definition) is 2. The van der Waals surface area contributed by atoms with Crippen molar-refractivity contribution in [2.75, 3.05) is 0 Å². The molecule has 21 heavy (non-hydrogen) atoms. The van der Waals surface area contributed by atoms with E-state index in [4.69, 9.17) is 0 Å². The smallest absolute Gasteiger partial charge is 0.220 e. The Labute approximate surface area is 122 Å². The van der Waals surface area contributed by atoms with Crippen LogP contribution in [0.2, 0.25) is 0 Å². The molecule has 1 unspecified atom stereocenters. The van der Waals surface area contributed by atoms with Crippen LogP contribution in [0.25, 0.3) is 0 Å². The SMILES string of the molecule is CC(NC(=O)CCc1ccncc1)c1ccc(F)cc1F. The van der Waals surface area contributed by atoms with Gasteiger partial charge in [0, 0.05) is 30.4 Å². The van der Waals surface area contributed by atoms with Gasteiger partial charge in [-0.05, 0) is 37.1 Å². The predicted octanol–water partition coefficient (Wildman–Crippen LogP) is 3.17. The Morgan fingerprint density at radius 2 is 1.95 bits per heavy atom. The number of amides is 1. The summed E-state index contributed by atoms with van der Waals surface area (Å²) in [5, 5.41) is 2.71. The van der Waals surface area contributed by atoms with Gasteiger partial charge < -0.3 is 5.32 Å². The molecule has 5 heteroatoms. The number of benzene rings is 1. The number of rotatable bonds is 5. The van der Waals surface area contributed by atoms with Gasteiger partial charge in [0.25, 0.3) is 0 Å². The fourth-order valence-electron chi connectivity index (χ4n) is 2.05. The molecule has 0 radical (unpaired) electrons. The van der Waals surface area contributed by atoms with Crippen molar-refractivity contribution in [3.63, 3.8) is 0 Å². The molecule has 0 fully saturated rings. The number of carbonyl (C=O) groups is 1. The van der Waals surface area contributed by atoms with E-state index in [1.807, 2.05) is 12.1 Å². The standard InChI is InChI=1S/C16H16F2N2O/c1-11(14-4-3-13(17)10-15(14)18)20-16(21)5-2-12-6-8-19-9-7-12/h3-4,6-11H,2,5H2,1H3,(H,20,21). The molecule has 0 aliphatic rings. The average Bonchev–Trinajstić information content (AvgIpc) is 2.46. The quantitative estimate of drug-likeness (QED) is 0.919. The minimum atomic E-state index is -0.656. The van der Waals surface area contributed by atoms with E-state index in [2.05, 4.69) is 10.3 Å². The summed E-state index contributed by atoms with van der Waals surface area (Å²) in [6, 6.07) is 6.52. The zero-order chi connectivity index (χ0) is 15.2. The van der Waals surface area contributed by atoms with Crippen LogP contribution in [-0.2, 0) is 11.2 Å². The molecule has 0 saturated heterocycles. The molecule has 1 aromatic carbocycles. The van der Waals surface area contributed by atoms with Gasteiger partial charge >= 0.3 is 0 Å². The highest BCUT2D eigenvalue weighted by molar-refractivity contribution is 5.76. The summed E-state index contributed by atoms with van der Waals surface area (Å²) in [5.41, 5.74) is 1.29. The van der Waals surface area contributed by atoms with Crippen LogP contribution < -0.4 is 5.32 Å². The number of nitrogens with zero attached hydrogens (tertiary/aromatic N) is 1. The molecule has 3 nitrogen and oxygen atoms in total. The highest BCUT2D eigenvalue weighted by Crippen LogP contribution is 2.17. The van der Waals surface area contributed by atoms with Gasteiger partial charge in [-0.15, -0.1) is 0 Å². The van der Waals surface area contributed by atoms with Crippen molar-refractivity contribution in [2.45, 2.75) is 25.8 Å². The molecule has 2 rings (SSSR count). The molecule has 1 amide bonds.